The Hall–Kier alpha value is -2.43. The van der Waals surface area contributed by atoms with Crippen molar-refractivity contribution in [3.05, 3.63) is 35.9 Å². The van der Waals surface area contributed by atoms with Gasteiger partial charge in [0, 0.05) is 38.1 Å². The van der Waals surface area contributed by atoms with E-state index in [1.54, 1.807) is 7.05 Å². The number of ether oxygens (including phenoxy) is 1. The summed E-state index contributed by atoms with van der Waals surface area (Å²) in [5.74, 6) is 1.22. The molecule has 1 fully saturated rings. The van der Waals surface area contributed by atoms with Gasteiger partial charge >= 0.3 is 6.18 Å². The van der Waals surface area contributed by atoms with Crippen LogP contribution in [0, 0.1) is 0 Å². The van der Waals surface area contributed by atoms with Crippen LogP contribution in [-0.2, 0) is 10.9 Å². The first-order valence-corrected chi connectivity index (χ1v) is 10.5. The first-order chi connectivity index (χ1) is 14.4. The number of alkyl halides is 3. The molecule has 3 aromatic rings. The number of hydrogen-bond donors (Lipinski definition) is 2. The second kappa shape index (κ2) is 8.75. The molecule has 10 heteroatoms. The molecule has 0 saturated carbocycles. The van der Waals surface area contributed by atoms with E-state index in [1.165, 1.54) is 23.5 Å². The van der Waals surface area contributed by atoms with Crippen molar-refractivity contribution in [2.24, 2.45) is 0 Å². The first kappa shape index (κ1) is 20.8. The summed E-state index contributed by atoms with van der Waals surface area (Å²) < 4.78 is 44.8. The monoisotopic (exact) mass is 437 g/mol. The lowest BCUT2D eigenvalue weighted by molar-refractivity contribution is -0.137. The molecule has 1 aliphatic heterocycles. The van der Waals surface area contributed by atoms with Crippen LogP contribution in [0.15, 0.2) is 30.3 Å². The third-order valence-corrected chi connectivity index (χ3v) is 6.10. The molecule has 0 radical (unpaired) electrons. The third-order valence-electron chi connectivity index (χ3n) is 4.92. The van der Waals surface area contributed by atoms with Crippen LogP contribution in [-0.4, -0.2) is 61.3 Å². The van der Waals surface area contributed by atoms with Crippen LogP contribution in [0.3, 0.4) is 0 Å². The molecule has 30 heavy (non-hydrogen) atoms. The minimum atomic E-state index is -4.34. The van der Waals surface area contributed by atoms with E-state index in [1.807, 2.05) is 6.07 Å². The molecule has 1 saturated heterocycles. The highest BCUT2D eigenvalue weighted by Gasteiger charge is 2.30. The summed E-state index contributed by atoms with van der Waals surface area (Å²) >= 11 is 1.47. The van der Waals surface area contributed by atoms with Crippen molar-refractivity contribution in [2.45, 2.75) is 6.18 Å². The molecule has 160 valence electrons. The SMILES string of the molecule is CNc1nc(NCCN2CCOCC2)c2sc(-c3ccc(C(F)(F)F)cc3)cc2n1. The van der Waals surface area contributed by atoms with Gasteiger partial charge in [-0.15, -0.1) is 11.3 Å². The zero-order valence-electron chi connectivity index (χ0n) is 16.4. The Balaban J connectivity index is 1.57. The number of nitrogens with zero attached hydrogens (tertiary/aromatic N) is 3. The Morgan fingerprint density at radius 1 is 1.13 bits per heavy atom. The van der Waals surface area contributed by atoms with E-state index >= 15 is 0 Å². The Kier molecular flexibility index (Phi) is 6.07. The van der Waals surface area contributed by atoms with Crippen LogP contribution in [0.4, 0.5) is 24.9 Å². The number of rotatable bonds is 6. The van der Waals surface area contributed by atoms with Crippen LogP contribution in [0.2, 0.25) is 0 Å². The molecule has 1 aliphatic rings. The minimum Gasteiger partial charge on any atom is -0.379 e. The van der Waals surface area contributed by atoms with Crippen molar-refractivity contribution >= 4 is 33.3 Å². The summed E-state index contributed by atoms with van der Waals surface area (Å²) in [6.45, 7) is 4.94. The van der Waals surface area contributed by atoms with Gasteiger partial charge in [0.2, 0.25) is 5.95 Å². The molecule has 0 aliphatic carbocycles. The molecule has 0 amide bonds. The maximum atomic E-state index is 12.8. The fraction of sp³-hybridized carbons (Fsp3) is 0.400. The molecule has 0 spiro atoms. The molecule has 2 aromatic heterocycles. The lowest BCUT2D eigenvalue weighted by atomic mass is 10.1. The molecule has 6 nitrogen and oxygen atoms in total. The summed E-state index contributed by atoms with van der Waals surface area (Å²) in [7, 11) is 1.75. The summed E-state index contributed by atoms with van der Waals surface area (Å²) in [5, 5.41) is 6.35. The van der Waals surface area contributed by atoms with E-state index in [4.69, 9.17) is 4.74 Å². The Labute approximate surface area is 176 Å². The summed E-state index contributed by atoms with van der Waals surface area (Å²) in [5.41, 5.74) is 0.814. The van der Waals surface area contributed by atoms with Gasteiger partial charge in [-0.25, -0.2) is 4.98 Å². The molecule has 2 N–H and O–H groups in total. The normalized spacial score (nSPS) is 15.5. The fourth-order valence-corrected chi connectivity index (χ4v) is 4.35. The summed E-state index contributed by atoms with van der Waals surface area (Å²) in [4.78, 5) is 12.2. The quantitative estimate of drug-likeness (QED) is 0.604. The number of benzene rings is 1. The highest BCUT2D eigenvalue weighted by molar-refractivity contribution is 7.22. The van der Waals surface area contributed by atoms with Crippen molar-refractivity contribution in [2.75, 3.05) is 57.1 Å². The zero-order chi connectivity index (χ0) is 21.1. The van der Waals surface area contributed by atoms with E-state index in [0.717, 1.165) is 78.0 Å². The van der Waals surface area contributed by atoms with Gasteiger partial charge in [0.25, 0.3) is 0 Å². The van der Waals surface area contributed by atoms with E-state index in [2.05, 4.69) is 25.5 Å². The third kappa shape index (κ3) is 4.66. The molecular weight excluding hydrogens is 415 g/mol. The van der Waals surface area contributed by atoms with Crippen LogP contribution in [0.1, 0.15) is 5.56 Å². The standard InChI is InChI=1S/C20H22F3N5OS/c1-24-19-26-15-12-16(13-2-4-14(5-3-13)20(21,22)23)30-17(15)18(27-19)25-6-7-28-8-10-29-11-9-28/h2-5,12H,6-11H2,1H3,(H2,24,25,26,27). The van der Waals surface area contributed by atoms with Crippen molar-refractivity contribution in [1.82, 2.24) is 14.9 Å². The highest BCUT2D eigenvalue weighted by atomic mass is 32.1. The highest BCUT2D eigenvalue weighted by Crippen LogP contribution is 2.38. The second-order valence-electron chi connectivity index (χ2n) is 6.93. The molecule has 1 aromatic carbocycles. The van der Waals surface area contributed by atoms with E-state index < -0.39 is 11.7 Å². The predicted octanol–water partition coefficient (Wildman–Crippen LogP) is 4.16. The smallest absolute Gasteiger partial charge is 0.379 e. The second-order valence-corrected chi connectivity index (χ2v) is 7.98. The number of aromatic nitrogens is 2. The maximum absolute atomic E-state index is 12.8. The number of halogens is 3. The topological polar surface area (TPSA) is 62.3 Å². The number of anilines is 2. The van der Waals surface area contributed by atoms with Gasteiger partial charge in [0.05, 0.1) is 29.0 Å². The summed E-state index contributed by atoms with van der Waals surface area (Å²) in [6.07, 6.45) is -4.34. The lowest BCUT2D eigenvalue weighted by Gasteiger charge is -2.26. The number of fused-ring (bicyclic) bond motifs is 1. The van der Waals surface area contributed by atoms with Gasteiger partial charge < -0.3 is 15.4 Å². The average molecular weight is 437 g/mol. The first-order valence-electron chi connectivity index (χ1n) is 9.65. The predicted molar refractivity (Wildman–Crippen MR) is 113 cm³/mol. The van der Waals surface area contributed by atoms with Gasteiger partial charge in [-0.3, -0.25) is 4.90 Å². The number of thiophene rings is 1. The van der Waals surface area contributed by atoms with Gasteiger partial charge in [-0.05, 0) is 23.8 Å². The molecule has 0 atom stereocenters. The minimum absolute atomic E-state index is 0.494. The molecule has 3 heterocycles. The van der Waals surface area contributed by atoms with Crippen molar-refractivity contribution in [3.8, 4) is 10.4 Å². The average Bonchev–Trinajstić information content (AvgIpc) is 3.18. The van der Waals surface area contributed by atoms with Crippen molar-refractivity contribution in [1.29, 1.82) is 0 Å². The largest absolute Gasteiger partial charge is 0.416 e. The molecule has 4 rings (SSSR count). The molecular formula is C20H22F3N5OS. The Morgan fingerprint density at radius 2 is 1.87 bits per heavy atom. The van der Waals surface area contributed by atoms with Crippen molar-refractivity contribution in [3.63, 3.8) is 0 Å². The van der Waals surface area contributed by atoms with Gasteiger partial charge in [-0.1, -0.05) is 12.1 Å². The van der Waals surface area contributed by atoms with Gasteiger partial charge in [-0.2, -0.15) is 18.2 Å². The van der Waals surface area contributed by atoms with Crippen molar-refractivity contribution < 1.29 is 17.9 Å². The molecule has 0 bridgehead atoms. The molecule has 0 unspecified atom stereocenters. The summed E-state index contributed by atoms with van der Waals surface area (Å²) in [6, 6.07) is 7.08. The van der Waals surface area contributed by atoms with Crippen LogP contribution in [0.5, 0.6) is 0 Å². The number of nitrogens with one attached hydrogen (secondary N) is 2. The number of hydrogen-bond acceptors (Lipinski definition) is 7. The zero-order valence-corrected chi connectivity index (χ0v) is 17.2. The van der Waals surface area contributed by atoms with Crippen LogP contribution >= 0.6 is 11.3 Å². The maximum Gasteiger partial charge on any atom is 0.416 e. The van der Waals surface area contributed by atoms with Gasteiger partial charge in [0.1, 0.15) is 5.82 Å². The number of morpholine rings is 1. The van der Waals surface area contributed by atoms with E-state index in [9.17, 15) is 13.2 Å². The Bertz CT molecular complexity index is 1000. The fourth-order valence-electron chi connectivity index (χ4n) is 3.28. The van der Waals surface area contributed by atoms with Crippen LogP contribution in [0.25, 0.3) is 20.7 Å². The van der Waals surface area contributed by atoms with Gasteiger partial charge in [0.15, 0.2) is 0 Å². The van der Waals surface area contributed by atoms with E-state index in [-0.39, 0.29) is 0 Å². The Morgan fingerprint density at radius 3 is 2.53 bits per heavy atom. The lowest BCUT2D eigenvalue weighted by Crippen LogP contribution is -2.39. The van der Waals surface area contributed by atoms with E-state index in [0.29, 0.717) is 5.95 Å². The van der Waals surface area contributed by atoms with Crippen LogP contribution < -0.4 is 10.6 Å².